The maximum absolute atomic E-state index is 12.9. The summed E-state index contributed by atoms with van der Waals surface area (Å²) in [5.74, 6) is -0.854. The van der Waals surface area contributed by atoms with Gasteiger partial charge in [-0.05, 0) is 70.6 Å². The van der Waals surface area contributed by atoms with Gasteiger partial charge in [0.25, 0.3) is 0 Å². The van der Waals surface area contributed by atoms with E-state index in [4.69, 9.17) is 14.2 Å². The van der Waals surface area contributed by atoms with E-state index in [0.717, 1.165) is 96.3 Å². The molecule has 0 heterocycles. The lowest BCUT2D eigenvalue weighted by Crippen LogP contribution is -2.30. The van der Waals surface area contributed by atoms with Crippen LogP contribution in [-0.2, 0) is 28.6 Å². The van der Waals surface area contributed by atoms with Crippen molar-refractivity contribution in [3.8, 4) is 0 Å². The van der Waals surface area contributed by atoms with Gasteiger partial charge in [-0.1, -0.05) is 357 Å². The van der Waals surface area contributed by atoms with Gasteiger partial charge >= 0.3 is 17.9 Å². The number of carbonyl (C=O) groups is 3. The van der Waals surface area contributed by atoms with Gasteiger partial charge in [-0.15, -0.1) is 0 Å². The van der Waals surface area contributed by atoms with Crippen LogP contribution in [0.5, 0.6) is 0 Å². The molecule has 82 heavy (non-hydrogen) atoms. The molecule has 0 aliphatic rings. The predicted molar refractivity (Wildman–Crippen MR) is 358 cm³/mol. The lowest BCUT2D eigenvalue weighted by Gasteiger charge is -2.18. The average molecular weight is 1150 g/mol. The van der Waals surface area contributed by atoms with Crippen molar-refractivity contribution in [3.05, 3.63) is 72.9 Å². The van der Waals surface area contributed by atoms with Crippen LogP contribution in [0.15, 0.2) is 72.9 Å². The minimum Gasteiger partial charge on any atom is -0.462 e. The standard InChI is InChI=1S/C76H136O6/c1-4-7-10-13-16-19-22-24-26-28-30-32-34-36-37-38-39-41-42-44-46-48-50-52-54-57-60-63-66-69-75(78)81-72-73(71-80-74(77)68-65-62-59-56-21-18-15-12-9-6-3)82-76(79)70-67-64-61-58-55-53-51-49-47-45-43-40-35-33-31-29-27-25-23-20-17-14-11-8-5-2/h7,10,16,19,24,26,30,32,36-37,39,41,73H,4-6,8-9,11-15,17-18,20-23,25,27-29,31,33-35,38,40,42-72H2,1-3H3/b10-7-,19-16-,26-24-,32-30-,37-36-,41-39-. The Morgan fingerprint density at radius 3 is 0.744 bits per heavy atom. The molecule has 0 aromatic carbocycles. The molecule has 6 nitrogen and oxygen atoms in total. The lowest BCUT2D eigenvalue weighted by molar-refractivity contribution is -0.167. The van der Waals surface area contributed by atoms with Crippen LogP contribution in [0.3, 0.4) is 0 Å². The molecule has 1 atom stereocenters. The molecule has 0 aliphatic carbocycles. The first-order valence-electron chi connectivity index (χ1n) is 35.9. The van der Waals surface area contributed by atoms with E-state index in [9.17, 15) is 14.4 Å². The topological polar surface area (TPSA) is 78.9 Å². The Kier molecular flexibility index (Phi) is 67.6. The van der Waals surface area contributed by atoms with E-state index in [-0.39, 0.29) is 31.1 Å². The summed E-state index contributed by atoms with van der Waals surface area (Å²) < 4.78 is 17.0. The third-order valence-corrected chi connectivity index (χ3v) is 16.0. The highest BCUT2D eigenvalue weighted by Crippen LogP contribution is 2.18. The van der Waals surface area contributed by atoms with Crippen molar-refractivity contribution in [2.45, 2.75) is 380 Å². The van der Waals surface area contributed by atoms with Gasteiger partial charge in [-0.25, -0.2) is 0 Å². The summed E-state index contributed by atoms with van der Waals surface area (Å²) in [6.07, 6.45) is 92.3. The van der Waals surface area contributed by atoms with Gasteiger partial charge in [0.05, 0.1) is 0 Å². The van der Waals surface area contributed by atoms with Crippen LogP contribution >= 0.6 is 0 Å². The quantitative estimate of drug-likeness (QED) is 0.0261. The lowest BCUT2D eigenvalue weighted by atomic mass is 10.0. The maximum Gasteiger partial charge on any atom is 0.306 e. The van der Waals surface area contributed by atoms with Gasteiger partial charge in [0.15, 0.2) is 6.10 Å². The molecule has 476 valence electrons. The molecule has 6 heteroatoms. The molecule has 0 aromatic rings. The van der Waals surface area contributed by atoms with Crippen LogP contribution in [0.25, 0.3) is 0 Å². The molecule has 1 unspecified atom stereocenters. The molecule has 0 radical (unpaired) electrons. The Morgan fingerprint density at radius 2 is 0.476 bits per heavy atom. The smallest absolute Gasteiger partial charge is 0.306 e. The highest BCUT2D eigenvalue weighted by atomic mass is 16.6. The average Bonchev–Trinajstić information content (AvgIpc) is 3.48. The summed E-state index contributed by atoms with van der Waals surface area (Å²) in [4.78, 5) is 38.4. The molecular weight excluding hydrogens is 1010 g/mol. The second-order valence-corrected chi connectivity index (χ2v) is 24.1. The Morgan fingerprint density at radius 1 is 0.256 bits per heavy atom. The van der Waals surface area contributed by atoms with Crippen LogP contribution in [0, 0.1) is 0 Å². The largest absolute Gasteiger partial charge is 0.462 e. The molecular formula is C76H136O6. The van der Waals surface area contributed by atoms with E-state index in [0.29, 0.717) is 19.3 Å². The number of esters is 3. The van der Waals surface area contributed by atoms with Gasteiger partial charge in [-0.2, -0.15) is 0 Å². The summed E-state index contributed by atoms with van der Waals surface area (Å²) in [6, 6.07) is 0. The van der Waals surface area contributed by atoms with E-state index in [1.54, 1.807) is 0 Å². The van der Waals surface area contributed by atoms with Crippen LogP contribution < -0.4 is 0 Å². The number of hydrogen-bond donors (Lipinski definition) is 0. The zero-order valence-electron chi connectivity index (χ0n) is 54.8. The number of carbonyl (C=O) groups excluding carboxylic acids is 3. The SMILES string of the molecule is CC/C=C\C/C=C\C/C=C\C/C=C\C/C=C\C/C=C\CCCCCCCCCCCCC(=O)OCC(COC(=O)CCCCCCCCCCCC)OC(=O)CCCCCCCCCCCCCCCCCCCCCCCCCCC. The van der Waals surface area contributed by atoms with Crippen molar-refractivity contribution < 1.29 is 28.6 Å². The van der Waals surface area contributed by atoms with Crippen molar-refractivity contribution in [3.63, 3.8) is 0 Å². The van der Waals surface area contributed by atoms with Gasteiger partial charge in [-0.3, -0.25) is 14.4 Å². The highest BCUT2D eigenvalue weighted by Gasteiger charge is 2.19. The fourth-order valence-corrected chi connectivity index (χ4v) is 10.6. The van der Waals surface area contributed by atoms with Crippen LogP contribution in [0.1, 0.15) is 374 Å². The first-order chi connectivity index (χ1) is 40.5. The first-order valence-corrected chi connectivity index (χ1v) is 35.9. The normalized spacial score (nSPS) is 12.5. The molecule has 0 saturated heterocycles. The van der Waals surface area contributed by atoms with Crippen LogP contribution in [-0.4, -0.2) is 37.2 Å². The van der Waals surface area contributed by atoms with E-state index >= 15 is 0 Å². The minimum atomic E-state index is -0.774. The predicted octanol–water partition coefficient (Wildman–Crippen LogP) is 24.8. The van der Waals surface area contributed by atoms with E-state index < -0.39 is 6.10 Å². The Hall–Kier alpha value is -3.15. The number of ether oxygens (including phenoxy) is 3. The summed E-state index contributed by atoms with van der Waals surface area (Å²) in [7, 11) is 0. The molecule has 0 N–H and O–H groups in total. The van der Waals surface area contributed by atoms with Gasteiger partial charge < -0.3 is 14.2 Å². The van der Waals surface area contributed by atoms with Crippen molar-refractivity contribution in [1.82, 2.24) is 0 Å². The zero-order valence-corrected chi connectivity index (χ0v) is 54.8. The van der Waals surface area contributed by atoms with Crippen molar-refractivity contribution in [2.75, 3.05) is 13.2 Å². The third-order valence-electron chi connectivity index (χ3n) is 16.0. The van der Waals surface area contributed by atoms with Gasteiger partial charge in [0.2, 0.25) is 0 Å². The number of rotatable bonds is 66. The maximum atomic E-state index is 12.9. The van der Waals surface area contributed by atoms with Crippen molar-refractivity contribution in [1.29, 1.82) is 0 Å². The second-order valence-electron chi connectivity index (χ2n) is 24.1. The molecule has 0 aromatic heterocycles. The summed E-state index contributed by atoms with van der Waals surface area (Å²) >= 11 is 0. The fraction of sp³-hybridized carbons (Fsp3) is 0.803. The van der Waals surface area contributed by atoms with E-state index in [2.05, 4.69) is 93.7 Å². The Bertz CT molecular complexity index is 1500. The summed E-state index contributed by atoms with van der Waals surface area (Å²) in [5.41, 5.74) is 0. The van der Waals surface area contributed by atoms with Crippen LogP contribution in [0.2, 0.25) is 0 Å². The third kappa shape index (κ3) is 67.6. The molecule has 0 aliphatic heterocycles. The van der Waals surface area contributed by atoms with Crippen LogP contribution in [0.4, 0.5) is 0 Å². The van der Waals surface area contributed by atoms with Gasteiger partial charge in [0.1, 0.15) is 13.2 Å². The molecule has 0 rings (SSSR count). The Labute approximate surface area is 510 Å². The molecule has 0 saturated carbocycles. The molecule has 0 amide bonds. The van der Waals surface area contributed by atoms with E-state index in [1.807, 2.05) is 0 Å². The zero-order chi connectivity index (χ0) is 59.2. The number of allylic oxidation sites excluding steroid dienone is 12. The number of unbranched alkanes of at least 4 members (excludes halogenated alkanes) is 43. The summed E-state index contributed by atoms with van der Waals surface area (Å²) in [5, 5.41) is 0. The molecule has 0 spiro atoms. The van der Waals surface area contributed by atoms with E-state index in [1.165, 1.54) is 238 Å². The number of hydrogen-bond acceptors (Lipinski definition) is 6. The van der Waals surface area contributed by atoms with Gasteiger partial charge in [0, 0.05) is 19.3 Å². The molecule has 0 bridgehead atoms. The monoisotopic (exact) mass is 1150 g/mol. The van der Waals surface area contributed by atoms with Crippen molar-refractivity contribution >= 4 is 17.9 Å². The highest BCUT2D eigenvalue weighted by molar-refractivity contribution is 5.71. The second kappa shape index (κ2) is 70.3. The Balaban J connectivity index is 4.17. The summed E-state index contributed by atoms with van der Waals surface area (Å²) in [6.45, 7) is 6.57. The van der Waals surface area contributed by atoms with Crippen molar-refractivity contribution in [2.24, 2.45) is 0 Å². The molecule has 0 fully saturated rings. The minimum absolute atomic E-state index is 0.0709. The first kappa shape index (κ1) is 78.8. The fourth-order valence-electron chi connectivity index (χ4n) is 10.6.